The number of hydrogen-bond acceptors (Lipinski definition) is 4. The van der Waals surface area contributed by atoms with E-state index in [9.17, 15) is 9.59 Å². The molecule has 0 fully saturated rings. The number of thiazole rings is 1. The number of rotatable bonds is 6. The minimum atomic E-state index is -0.150. The number of carbonyl (C=O) groups excluding carboxylic acids is 2. The Morgan fingerprint density at radius 2 is 1.93 bits per heavy atom. The number of nitrogens with one attached hydrogen (secondary N) is 2. The van der Waals surface area contributed by atoms with E-state index in [0.717, 1.165) is 22.0 Å². The van der Waals surface area contributed by atoms with Gasteiger partial charge >= 0.3 is 0 Å². The summed E-state index contributed by atoms with van der Waals surface area (Å²) >= 11 is 7.46. The van der Waals surface area contributed by atoms with E-state index >= 15 is 0 Å². The topological polar surface area (TPSA) is 71.1 Å². The van der Waals surface area contributed by atoms with Gasteiger partial charge in [0.2, 0.25) is 5.91 Å². The Balaban J connectivity index is 1.55. The molecule has 0 radical (unpaired) electrons. The molecule has 0 aliphatic carbocycles. The standard InChI is InChI=1S/C20H18ClN3O2S/c1-13(25)23-17-7-5-14(6-8-17)18-12-27-19(24-18)9-10-22-20(26)15-3-2-4-16(21)11-15/h2-8,11-12H,9-10H2,1H3,(H,22,26)(H,23,25). The molecule has 2 aromatic carbocycles. The molecular formula is C20H18ClN3O2S. The highest BCUT2D eigenvalue weighted by molar-refractivity contribution is 7.09. The fraction of sp³-hybridized carbons (Fsp3) is 0.150. The molecule has 0 aliphatic rings. The fourth-order valence-corrected chi connectivity index (χ4v) is 3.50. The summed E-state index contributed by atoms with van der Waals surface area (Å²) in [5.74, 6) is -0.249. The maximum Gasteiger partial charge on any atom is 0.251 e. The van der Waals surface area contributed by atoms with Crippen LogP contribution < -0.4 is 10.6 Å². The van der Waals surface area contributed by atoms with E-state index in [1.165, 1.54) is 6.92 Å². The number of aromatic nitrogens is 1. The van der Waals surface area contributed by atoms with Crippen molar-refractivity contribution in [2.24, 2.45) is 0 Å². The predicted molar refractivity (Wildman–Crippen MR) is 109 cm³/mol. The van der Waals surface area contributed by atoms with Crippen LogP contribution in [0, 0.1) is 0 Å². The maximum absolute atomic E-state index is 12.1. The van der Waals surface area contributed by atoms with E-state index in [0.29, 0.717) is 23.6 Å². The van der Waals surface area contributed by atoms with Crippen LogP contribution in [-0.2, 0) is 11.2 Å². The molecule has 0 atom stereocenters. The van der Waals surface area contributed by atoms with Gasteiger partial charge in [-0.3, -0.25) is 9.59 Å². The third-order valence-electron chi connectivity index (χ3n) is 3.76. The molecule has 7 heteroatoms. The van der Waals surface area contributed by atoms with Gasteiger partial charge in [0.15, 0.2) is 0 Å². The molecule has 138 valence electrons. The van der Waals surface area contributed by atoms with Crippen LogP contribution >= 0.6 is 22.9 Å². The number of anilines is 1. The van der Waals surface area contributed by atoms with Crippen LogP contribution in [0.3, 0.4) is 0 Å². The monoisotopic (exact) mass is 399 g/mol. The van der Waals surface area contributed by atoms with Crippen LogP contribution in [0.2, 0.25) is 5.02 Å². The van der Waals surface area contributed by atoms with Crippen LogP contribution in [-0.4, -0.2) is 23.3 Å². The Morgan fingerprint density at radius 3 is 2.63 bits per heavy atom. The first-order valence-electron chi connectivity index (χ1n) is 8.37. The van der Waals surface area contributed by atoms with Gasteiger partial charge in [-0.25, -0.2) is 4.98 Å². The van der Waals surface area contributed by atoms with Crippen LogP contribution in [0.4, 0.5) is 5.69 Å². The van der Waals surface area contributed by atoms with Crippen molar-refractivity contribution in [3.05, 3.63) is 69.5 Å². The molecule has 0 spiro atoms. The summed E-state index contributed by atoms with van der Waals surface area (Å²) in [5.41, 5.74) is 3.16. The second-order valence-corrected chi connectivity index (χ2v) is 7.28. The fourth-order valence-electron chi connectivity index (χ4n) is 2.50. The van der Waals surface area contributed by atoms with Gasteiger partial charge < -0.3 is 10.6 Å². The smallest absolute Gasteiger partial charge is 0.251 e. The Morgan fingerprint density at radius 1 is 1.15 bits per heavy atom. The zero-order valence-electron chi connectivity index (χ0n) is 14.7. The van der Waals surface area contributed by atoms with E-state index in [1.807, 2.05) is 29.6 Å². The lowest BCUT2D eigenvalue weighted by molar-refractivity contribution is -0.114. The van der Waals surface area contributed by atoms with Gasteiger partial charge in [0.25, 0.3) is 5.91 Å². The molecule has 27 heavy (non-hydrogen) atoms. The van der Waals surface area contributed by atoms with Gasteiger partial charge in [-0.15, -0.1) is 11.3 Å². The normalized spacial score (nSPS) is 10.4. The van der Waals surface area contributed by atoms with Gasteiger partial charge in [-0.1, -0.05) is 29.8 Å². The highest BCUT2D eigenvalue weighted by Gasteiger charge is 2.08. The Hall–Kier alpha value is -2.70. The molecule has 0 aliphatic heterocycles. The number of benzene rings is 2. The van der Waals surface area contributed by atoms with E-state index in [1.54, 1.807) is 35.6 Å². The zero-order valence-corrected chi connectivity index (χ0v) is 16.2. The van der Waals surface area contributed by atoms with Gasteiger partial charge in [-0.2, -0.15) is 0 Å². The SMILES string of the molecule is CC(=O)Nc1ccc(-c2csc(CCNC(=O)c3cccc(Cl)c3)n2)cc1. The molecule has 0 unspecified atom stereocenters. The molecule has 5 nitrogen and oxygen atoms in total. The average Bonchev–Trinajstić information content (AvgIpc) is 3.10. The Kier molecular flexibility index (Phi) is 6.21. The summed E-state index contributed by atoms with van der Waals surface area (Å²) in [6.07, 6.45) is 0.654. The number of carbonyl (C=O) groups is 2. The maximum atomic E-state index is 12.1. The van der Waals surface area contributed by atoms with Crippen LogP contribution in [0.15, 0.2) is 53.9 Å². The molecule has 0 saturated heterocycles. The highest BCUT2D eigenvalue weighted by Crippen LogP contribution is 2.23. The predicted octanol–water partition coefficient (Wildman–Crippen LogP) is 4.39. The van der Waals surface area contributed by atoms with E-state index in [-0.39, 0.29) is 11.8 Å². The number of nitrogens with zero attached hydrogens (tertiary/aromatic N) is 1. The summed E-state index contributed by atoms with van der Waals surface area (Å²) in [7, 11) is 0. The highest BCUT2D eigenvalue weighted by atomic mass is 35.5. The molecule has 0 bridgehead atoms. The lowest BCUT2D eigenvalue weighted by atomic mass is 10.1. The summed E-state index contributed by atoms with van der Waals surface area (Å²) in [5, 5.41) is 9.09. The molecular weight excluding hydrogens is 382 g/mol. The van der Waals surface area contributed by atoms with Crippen molar-refractivity contribution in [2.45, 2.75) is 13.3 Å². The van der Waals surface area contributed by atoms with Crippen molar-refractivity contribution in [1.82, 2.24) is 10.3 Å². The van der Waals surface area contributed by atoms with Crippen molar-refractivity contribution in [3.8, 4) is 11.3 Å². The lowest BCUT2D eigenvalue weighted by Gasteiger charge is -2.04. The van der Waals surface area contributed by atoms with E-state index in [4.69, 9.17) is 11.6 Å². The number of halogens is 1. The van der Waals surface area contributed by atoms with Crippen molar-refractivity contribution in [1.29, 1.82) is 0 Å². The van der Waals surface area contributed by atoms with Crippen LogP contribution in [0.25, 0.3) is 11.3 Å². The molecule has 1 heterocycles. The molecule has 2 N–H and O–H groups in total. The molecule has 3 aromatic rings. The third-order valence-corrected chi connectivity index (χ3v) is 4.91. The first kappa shape index (κ1) is 19.1. The second kappa shape index (κ2) is 8.79. The zero-order chi connectivity index (χ0) is 19.2. The van der Waals surface area contributed by atoms with E-state index < -0.39 is 0 Å². The molecule has 1 aromatic heterocycles. The van der Waals surface area contributed by atoms with Gasteiger partial charge in [0.05, 0.1) is 10.7 Å². The van der Waals surface area contributed by atoms with E-state index in [2.05, 4.69) is 15.6 Å². The average molecular weight is 400 g/mol. The van der Waals surface area contributed by atoms with Gasteiger partial charge in [-0.05, 0) is 30.3 Å². The molecule has 3 rings (SSSR count). The van der Waals surface area contributed by atoms with Crippen molar-refractivity contribution in [3.63, 3.8) is 0 Å². The number of amides is 2. The summed E-state index contributed by atoms with van der Waals surface area (Å²) in [6.45, 7) is 1.98. The van der Waals surface area contributed by atoms with Crippen LogP contribution in [0.5, 0.6) is 0 Å². The van der Waals surface area contributed by atoms with Crippen molar-refractivity contribution >= 4 is 40.4 Å². The number of hydrogen-bond donors (Lipinski definition) is 2. The largest absolute Gasteiger partial charge is 0.352 e. The summed E-state index contributed by atoms with van der Waals surface area (Å²) in [6, 6.07) is 14.4. The minimum Gasteiger partial charge on any atom is -0.352 e. The van der Waals surface area contributed by atoms with Crippen molar-refractivity contribution < 1.29 is 9.59 Å². The Labute approximate surface area is 166 Å². The third kappa shape index (κ3) is 5.39. The lowest BCUT2D eigenvalue weighted by Crippen LogP contribution is -2.25. The first-order valence-corrected chi connectivity index (χ1v) is 9.63. The summed E-state index contributed by atoms with van der Waals surface area (Å²) < 4.78 is 0. The summed E-state index contributed by atoms with van der Waals surface area (Å²) in [4.78, 5) is 27.8. The molecule has 2 amide bonds. The van der Waals surface area contributed by atoms with Crippen molar-refractivity contribution in [2.75, 3.05) is 11.9 Å². The minimum absolute atomic E-state index is 0.0986. The first-order chi connectivity index (χ1) is 13.0. The van der Waals surface area contributed by atoms with Crippen LogP contribution in [0.1, 0.15) is 22.3 Å². The second-order valence-electron chi connectivity index (χ2n) is 5.90. The van der Waals surface area contributed by atoms with Gasteiger partial charge in [0.1, 0.15) is 0 Å². The Bertz CT molecular complexity index is 954. The quantitative estimate of drug-likeness (QED) is 0.645. The molecule has 0 saturated carbocycles. The van der Waals surface area contributed by atoms with Gasteiger partial charge in [0, 0.05) is 47.1 Å².